The fourth-order valence-corrected chi connectivity index (χ4v) is 4.52. The Balaban J connectivity index is 1.70. The average Bonchev–Trinajstić information content (AvgIpc) is 2.45. The van der Waals surface area contributed by atoms with Crippen molar-refractivity contribution in [2.45, 2.75) is 44.2 Å². The molecule has 2 bridgehead atoms. The molecule has 19 heavy (non-hydrogen) atoms. The van der Waals surface area contributed by atoms with Gasteiger partial charge in [-0.3, -0.25) is 9.59 Å². The Hall–Kier alpha value is -1.32. The lowest BCUT2D eigenvalue weighted by Gasteiger charge is -2.55. The first-order chi connectivity index (χ1) is 9.25. The third-order valence-corrected chi connectivity index (χ3v) is 5.40. The van der Waals surface area contributed by atoms with E-state index < -0.39 is 0 Å². The summed E-state index contributed by atoms with van der Waals surface area (Å²) in [5, 5.41) is 0. The van der Waals surface area contributed by atoms with E-state index in [4.69, 9.17) is 0 Å². The van der Waals surface area contributed by atoms with Crippen LogP contribution in [0.3, 0.4) is 0 Å². The normalized spacial score (nSPS) is 41.1. The van der Waals surface area contributed by atoms with Crippen LogP contribution in [-0.2, 0) is 9.59 Å². The van der Waals surface area contributed by atoms with Gasteiger partial charge in [0.25, 0.3) is 0 Å². The van der Waals surface area contributed by atoms with Gasteiger partial charge in [-0.25, -0.2) is 0 Å². The Bertz CT molecular complexity index is 459. The molecule has 4 aliphatic rings. The third kappa shape index (κ3) is 1.58. The number of carbonyl (C=O) groups is 2. The van der Waals surface area contributed by atoms with E-state index in [9.17, 15) is 9.59 Å². The van der Waals surface area contributed by atoms with Crippen LogP contribution in [0.4, 0.5) is 0 Å². The molecule has 0 radical (unpaired) electrons. The second-order valence-electron chi connectivity index (χ2n) is 6.37. The highest BCUT2D eigenvalue weighted by atomic mass is 16.2. The molecule has 0 spiro atoms. The van der Waals surface area contributed by atoms with Gasteiger partial charge in [0.05, 0.1) is 12.0 Å². The fraction of sp³-hybridized carbons (Fsp3) is 0.733. The minimum absolute atomic E-state index is 0.0219. The van der Waals surface area contributed by atoms with Crippen molar-refractivity contribution in [1.82, 2.24) is 9.80 Å². The number of amides is 2. The molecule has 0 aliphatic carbocycles. The molecule has 3 saturated heterocycles. The molecule has 4 aliphatic heterocycles. The molecule has 4 heteroatoms. The van der Waals surface area contributed by atoms with Crippen LogP contribution >= 0.6 is 0 Å². The minimum Gasteiger partial charge on any atom is -0.339 e. The molecule has 4 heterocycles. The van der Waals surface area contributed by atoms with Crippen molar-refractivity contribution in [2.24, 2.45) is 11.8 Å². The maximum Gasteiger partial charge on any atom is 0.228 e. The van der Waals surface area contributed by atoms with Crippen LogP contribution < -0.4 is 0 Å². The zero-order valence-corrected chi connectivity index (χ0v) is 11.1. The van der Waals surface area contributed by atoms with E-state index in [0.29, 0.717) is 24.3 Å². The highest BCUT2D eigenvalue weighted by Crippen LogP contribution is 2.42. The van der Waals surface area contributed by atoms with Gasteiger partial charge >= 0.3 is 0 Å². The summed E-state index contributed by atoms with van der Waals surface area (Å²) in [5.41, 5.74) is 0. The van der Waals surface area contributed by atoms with Crippen molar-refractivity contribution in [3.8, 4) is 0 Å². The second-order valence-corrected chi connectivity index (χ2v) is 6.37. The molecule has 0 N–H and O–H groups in total. The summed E-state index contributed by atoms with van der Waals surface area (Å²) in [4.78, 5) is 28.9. The van der Waals surface area contributed by atoms with E-state index in [1.807, 2.05) is 11.0 Å². The number of fused-ring (bicyclic) bond motifs is 6. The van der Waals surface area contributed by atoms with Gasteiger partial charge in [0.2, 0.25) is 11.8 Å². The highest BCUT2D eigenvalue weighted by molar-refractivity contribution is 5.85. The van der Waals surface area contributed by atoms with Crippen molar-refractivity contribution < 1.29 is 9.59 Å². The molecule has 0 saturated carbocycles. The van der Waals surface area contributed by atoms with Crippen molar-refractivity contribution in [3.63, 3.8) is 0 Å². The number of piperidine rings is 3. The van der Waals surface area contributed by atoms with E-state index in [1.54, 1.807) is 0 Å². The predicted octanol–water partition coefficient (Wildman–Crippen LogP) is 1.17. The summed E-state index contributed by atoms with van der Waals surface area (Å²) < 4.78 is 0. The van der Waals surface area contributed by atoms with Gasteiger partial charge in [-0.1, -0.05) is 12.2 Å². The van der Waals surface area contributed by atoms with E-state index in [2.05, 4.69) is 11.0 Å². The van der Waals surface area contributed by atoms with Gasteiger partial charge in [-0.15, -0.1) is 0 Å². The standard InChI is InChI=1S/C15H20N2O2/c18-14-6-3-5-13-11-8-10(9-17(13)14)12-4-1-2-7-16(12)15(11)19/h3,5,10-13H,1-2,4,6-9H2/t10-,11+,12+,13-/m1/s1. The monoisotopic (exact) mass is 260 g/mol. The summed E-state index contributed by atoms with van der Waals surface area (Å²) in [6.45, 7) is 1.79. The average molecular weight is 260 g/mol. The first-order valence-electron chi connectivity index (χ1n) is 7.52. The Morgan fingerprint density at radius 1 is 1.16 bits per heavy atom. The number of hydrogen-bond donors (Lipinski definition) is 0. The second kappa shape index (κ2) is 4.09. The maximum absolute atomic E-state index is 12.7. The van der Waals surface area contributed by atoms with Gasteiger partial charge in [0.1, 0.15) is 0 Å². The van der Waals surface area contributed by atoms with Gasteiger partial charge in [0, 0.05) is 25.6 Å². The highest BCUT2D eigenvalue weighted by Gasteiger charge is 2.51. The van der Waals surface area contributed by atoms with Crippen LogP contribution in [0.5, 0.6) is 0 Å². The zero-order valence-electron chi connectivity index (χ0n) is 11.1. The van der Waals surface area contributed by atoms with Crippen LogP contribution in [0.15, 0.2) is 12.2 Å². The van der Waals surface area contributed by atoms with E-state index in [1.165, 1.54) is 6.42 Å². The molecule has 4 atom stereocenters. The van der Waals surface area contributed by atoms with Gasteiger partial charge < -0.3 is 9.80 Å². The van der Waals surface area contributed by atoms with Crippen molar-refractivity contribution in [2.75, 3.05) is 13.1 Å². The van der Waals surface area contributed by atoms with E-state index in [0.717, 1.165) is 32.4 Å². The smallest absolute Gasteiger partial charge is 0.228 e. The van der Waals surface area contributed by atoms with Crippen LogP contribution in [0.25, 0.3) is 0 Å². The summed E-state index contributed by atoms with van der Waals surface area (Å²) in [5.74, 6) is 1.04. The molecule has 0 aromatic rings. The maximum atomic E-state index is 12.7. The van der Waals surface area contributed by atoms with Crippen molar-refractivity contribution in [1.29, 1.82) is 0 Å². The fourth-order valence-electron chi connectivity index (χ4n) is 4.52. The number of carbonyl (C=O) groups excluding carboxylic acids is 2. The first-order valence-corrected chi connectivity index (χ1v) is 7.52. The van der Waals surface area contributed by atoms with Crippen LogP contribution in [0, 0.1) is 11.8 Å². The number of rotatable bonds is 0. The molecule has 4 rings (SSSR count). The third-order valence-electron chi connectivity index (χ3n) is 5.40. The minimum atomic E-state index is 0.0219. The first kappa shape index (κ1) is 11.5. The van der Waals surface area contributed by atoms with E-state index in [-0.39, 0.29) is 17.9 Å². The topological polar surface area (TPSA) is 40.6 Å². The summed E-state index contributed by atoms with van der Waals surface area (Å²) in [6, 6.07) is 0.435. The summed E-state index contributed by atoms with van der Waals surface area (Å²) in [6.07, 6.45) is 9.03. The lowest BCUT2D eigenvalue weighted by Crippen LogP contribution is -2.65. The number of hydrogen-bond acceptors (Lipinski definition) is 2. The van der Waals surface area contributed by atoms with Crippen LogP contribution in [-0.4, -0.2) is 46.8 Å². The lowest BCUT2D eigenvalue weighted by atomic mass is 9.71. The molecule has 0 unspecified atom stereocenters. The Morgan fingerprint density at radius 3 is 2.95 bits per heavy atom. The van der Waals surface area contributed by atoms with Crippen molar-refractivity contribution in [3.05, 3.63) is 12.2 Å². The van der Waals surface area contributed by atoms with Gasteiger partial charge in [0.15, 0.2) is 0 Å². The zero-order chi connectivity index (χ0) is 13.0. The quantitative estimate of drug-likeness (QED) is 0.614. The van der Waals surface area contributed by atoms with E-state index >= 15 is 0 Å². The molecule has 2 amide bonds. The Kier molecular flexibility index (Phi) is 2.47. The molecule has 102 valence electrons. The molecule has 4 nitrogen and oxygen atoms in total. The SMILES string of the molecule is O=C1CC=C[C@@H]2[C@@H]3C[C@H](CN12)[C@@H]1CCCCN1C3=O. The van der Waals surface area contributed by atoms with Gasteiger partial charge in [-0.05, 0) is 31.6 Å². The molecule has 0 aromatic heterocycles. The summed E-state index contributed by atoms with van der Waals surface area (Å²) in [7, 11) is 0. The van der Waals surface area contributed by atoms with Crippen LogP contribution in [0.1, 0.15) is 32.1 Å². The lowest BCUT2D eigenvalue weighted by molar-refractivity contribution is -0.160. The molecule has 3 fully saturated rings. The molecular formula is C15H20N2O2. The number of nitrogens with zero attached hydrogens (tertiary/aromatic N) is 2. The molecule has 0 aromatic carbocycles. The molecular weight excluding hydrogens is 240 g/mol. The predicted molar refractivity (Wildman–Crippen MR) is 70.2 cm³/mol. The summed E-state index contributed by atoms with van der Waals surface area (Å²) >= 11 is 0. The largest absolute Gasteiger partial charge is 0.339 e. The Morgan fingerprint density at radius 2 is 2.05 bits per heavy atom. The van der Waals surface area contributed by atoms with Crippen LogP contribution in [0.2, 0.25) is 0 Å². The Labute approximate surface area is 113 Å². The van der Waals surface area contributed by atoms with Gasteiger partial charge in [-0.2, -0.15) is 0 Å². The van der Waals surface area contributed by atoms with Crippen molar-refractivity contribution >= 4 is 11.8 Å².